The van der Waals surface area contributed by atoms with Gasteiger partial charge >= 0.3 is 5.97 Å². The van der Waals surface area contributed by atoms with E-state index in [2.05, 4.69) is 14.6 Å². The first-order valence-electron chi connectivity index (χ1n) is 11.7. The highest BCUT2D eigenvalue weighted by atomic mass is 32.2. The molecule has 0 radical (unpaired) electrons. The van der Waals surface area contributed by atoms with Crippen molar-refractivity contribution in [2.24, 2.45) is 5.92 Å². The summed E-state index contributed by atoms with van der Waals surface area (Å²) in [6.45, 7) is 7.84. The Morgan fingerprint density at radius 2 is 1.88 bits per heavy atom. The third-order valence-corrected chi connectivity index (χ3v) is 8.15. The number of benzene rings is 1. The quantitative estimate of drug-likeness (QED) is 0.583. The molecular weight excluding hydrogens is 456 g/mol. The minimum Gasteiger partial charge on any atom is -0.478 e. The Morgan fingerprint density at radius 3 is 2.56 bits per heavy atom. The van der Waals surface area contributed by atoms with Crippen molar-refractivity contribution in [2.75, 3.05) is 55.6 Å². The van der Waals surface area contributed by atoms with Gasteiger partial charge in [-0.2, -0.15) is 0 Å². The van der Waals surface area contributed by atoms with Crippen LogP contribution < -0.4 is 9.62 Å². The van der Waals surface area contributed by atoms with E-state index in [1.54, 1.807) is 25.1 Å². The Labute approximate surface area is 200 Å². The summed E-state index contributed by atoms with van der Waals surface area (Å²) in [4.78, 5) is 20.9. The van der Waals surface area contributed by atoms with Crippen molar-refractivity contribution in [1.29, 1.82) is 0 Å². The fourth-order valence-electron chi connectivity index (χ4n) is 4.61. The van der Waals surface area contributed by atoms with Crippen LogP contribution in [0.4, 0.5) is 11.5 Å². The second kappa shape index (κ2) is 10.7. The maximum absolute atomic E-state index is 12.8. The number of carboxylic acids is 1. The first-order valence-corrected chi connectivity index (χ1v) is 13.2. The van der Waals surface area contributed by atoms with E-state index in [0.29, 0.717) is 17.3 Å². The smallest absolute Gasteiger partial charge is 0.339 e. The molecule has 0 spiro atoms. The lowest BCUT2D eigenvalue weighted by atomic mass is 9.93. The van der Waals surface area contributed by atoms with Crippen LogP contribution in [0.3, 0.4) is 0 Å². The molecular formula is C24H32N4O5S. The van der Waals surface area contributed by atoms with Crippen LogP contribution in [0.15, 0.2) is 41.4 Å². The van der Waals surface area contributed by atoms with E-state index in [1.807, 2.05) is 4.90 Å². The van der Waals surface area contributed by atoms with Crippen molar-refractivity contribution in [3.8, 4) is 0 Å². The summed E-state index contributed by atoms with van der Waals surface area (Å²) >= 11 is 0. The molecule has 2 N–H and O–H groups in total. The molecule has 9 nitrogen and oxygen atoms in total. The van der Waals surface area contributed by atoms with Crippen molar-refractivity contribution in [1.82, 2.24) is 9.88 Å². The molecule has 2 aromatic rings. The van der Waals surface area contributed by atoms with Gasteiger partial charge in [0.15, 0.2) is 0 Å². The topological polar surface area (TPSA) is 112 Å². The van der Waals surface area contributed by atoms with Gasteiger partial charge in [-0.05, 0) is 56.3 Å². The largest absolute Gasteiger partial charge is 0.478 e. The van der Waals surface area contributed by atoms with Gasteiger partial charge in [-0.3, -0.25) is 9.62 Å². The molecule has 0 atom stereocenters. The number of nitrogens with one attached hydrogen (secondary N) is 1. The number of carbonyl (C=O) groups is 1. The third-order valence-electron chi connectivity index (χ3n) is 6.60. The number of aryl methyl sites for hydroxylation is 1. The highest BCUT2D eigenvalue weighted by Gasteiger charge is 2.26. The number of anilines is 2. The molecule has 3 heterocycles. The summed E-state index contributed by atoms with van der Waals surface area (Å²) in [5, 5.41) is 9.80. The van der Waals surface area contributed by atoms with Gasteiger partial charge in [0.2, 0.25) is 0 Å². The Hall–Kier alpha value is -2.69. The number of piperidine rings is 1. The van der Waals surface area contributed by atoms with Crippen LogP contribution in [0.25, 0.3) is 0 Å². The summed E-state index contributed by atoms with van der Waals surface area (Å²) < 4.78 is 33.5. The molecule has 1 aromatic carbocycles. The maximum Gasteiger partial charge on any atom is 0.339 e. The highest BCUT2D eigenvalue weighted by Crippen LogP contribution is 2.29. The zero-order chi connectivity index (χ0) is 24.1. The van der Waals surface area contributed by atoms with Crippen molar-refractivity contribution in [2.45, 2.75) is 31.1 Å². The van der Waals surface area contributed by atoms with E-state index in [9.17, 15) is 18.3 Å². The molecule has 2 aliphatic rings. The molecule has 34 heavy (non-hydrogen) atoms. The average Bonchev–Trinajstić information content (AvgIpc) is 2.83. The van der Waals surface area contributed by atoms with Crippen LogP contribution in [-0.2, 0) is 14.8 Å². The second-order valence-corrected chi connectivity index (χ2v) is 10.6. The van der Waals surface area contributed by atoms with Crippen LogP contribution in [-0.4, -0.2) is 75.3 Å². The SMILES string of the molecule is Cc1ccccc1S(=O)(=O)Nc1cnc(N2CCC(CCN3CCOCC3)CC2)c(C(=O)O)c1. The fourth-order valence-corrected chi connectivity index (χ4v) is 5.90. The van der Waals surface area contributed by atoms with Gasteiger partial charge < -0.3 is 14.7 Å². The lowest BCUT2D eigenvalue weighted by Gasteiger charge is -2.35. The molecule has 2 aliphatic heterocycles. The summed E-state index contributed by atoms with van der Waals surface area (Å²) in [6.07, 6.45) is 4.48. The van der Waals surface area contributed by atoms with Crippen molar-refractivity contribution >= 4 is 27.5 Å². The molecule has 0 unspecified atom stereocenters. The van der Waals surface area contributed by atoms with Gasteiger partial charge in [0.1, 0.15) is 11.4 Å². The van der Waals surface area contributed by atoms with Gasteiger partial charge in [-0.1, -0.05) is 18.2 Å². The fraction of sp³-hybridized carbons (Fsp3) is 0.500. The number of sulfonamides is 1. The van der Waals surface area contributed by atoms with Gasteiger partial charge in [-0.15, -0.1) is 0 Å². The number of aromatic nitrogens is 1. The molecule has 0 aliphatic carbocycles. The molecule has 1 aromatic heterocycles. The van der Waals surface area contributed by atoms with E-state index in [4.69, 9.17) is 4.74 Å². The Morgan fingerprint density at radius 1 is 1.18 bits per heavy atom. The molecule has 2 fully saturated rings. The first kappa shape index (κ1) is 24.4. The lowest BCUT2D eigenvalue weighted by Crippen LogP contribution is -2.39. The van der Waals surface area contributed by atoms with Gasteiger partial charge in [0.25, 0.3) is 10.0 Å². The van der Waals surface area contributed by atoms with Gasteiger partial charge in [-0.25, -0.2) is 18.2 Å². The highest BCUT2D eigenvalue weighted by molar-refractivity contribution is 7.92. The molecule has 4 rings (SSSR count). The van der Waals surface area contributed by atoms with Crippen molar-refractivity contribution < 1.29 is 23.1 Å². The van der Waals surface area contributed by atoms with Crippen molar-refractivity contribution in [3.63, 3.8) is 0 Å². The molecule has 10 heteroatoms. The molecule has 0 amide bonds. The van der Waals surface area contributed by atoms with E-state index in [1.165, 1.54) is 18.3 Å². The Balaban J connectivity index is 1.41. The monoisotopic (exact) mass is 488 g/mol. The predicted octanol–water partition coefficient (Wildman–Crippen LogP) is 2.83. The minimum absolute atomic E-state index is 0.00301. The van der Waals surface area contributed by atoms with E-state index < -0.39 is 16.0 Å². The van der Waals surface area contributed by atoms with Gasteiger partial charge in [0.05, 0.1) is 30.0 Å². The van der Waals surface area contributed by atoms with Crippen LogP contribution in [0, 0.1) is 12.8 Å². The average molecular weight is 489 g/mol. The van der Waals surface area contributed by atoms with Gasteiger partial charge in [0, 0.05) is 26.2 Å². The minimum atomic E-state index is -3.86. The van der Waals surface area contributed by atoms with Crippen LogP contribution in [0.1, 0.15) is 35.2 Å². The standard InChI is InChI=1S/C24H32N4O5S/c1-18-4-2-3-5-22(18)34(31,32)26-20-16-21(24(29)30)23(25-17-20)28-10-7-19(8-11-28)6-9-27-12-14-33-15-13-27/h2-5,16-17,19,26H,6-15H2,1H3,(H,29,30). The van der Waals surface area contributed by atoms with Crippen LogP contribution >= 0.6 is 0 Å². The summed E-state index contributed by atoms with van der Waals surface area (Å²) in [6, 6.07) is 7.99. The number of hydrogen-bond acceptors (Lipinski definition) is 7. The van der Waals surface area contributed by atoms with E-state index in [0.717, 1.165) is 65.2 Å². The summed E-state index contributed by atoms with van der Waals surface area (Å²) in [5.41, 5.74) is 0.732. The lowest BCUT2D eigenvalue weighted by molar-refractivity contribution is 0.0349. The number of aromatic carboxylic acids is 1. The third kappa shape index (κ3) is 5.86. The molecule has 0 bridgehead atoms. The number of hydrogen-bond donors (Lipinski definition) is 2. The van der Waals surface area contributed by atoms with E-state index in [-0.39, 0.29) is 16.1 Å². The zero-order valence-electron chi connectivity index (χ0n) is 19.4. The van der Waals surface area contributed by atoms with Crippen LogP contribution in [0.5, 0.6) is 0 Å². The number of carboxylic acid groups (broad SMARTS) is 1. The predicted molar refractivity (Wildman–Crippen MR) is 130 cm³/mol. The molecule has 184 valence electrons. The Kier molecular flexibility index (Phi) is 7.70. The summed E-state index contributed by atoms with van der Waals surface area (Å²) in [5.74, 6) is -0.139. The summed E-state index contributed by atoms with van der Waals surface area (Å²) in [7, 11) is -3.86. The molecule has 2 saturated heterocycles. The number of ether oxygens (including phenoxy) is 1. The Bertz CT molecular complexity index is 1110. The van der Waals surface area contributed by atoms with E-state index >= 15 is 0 Å². The van der Waals surface area contributed by atoms with Crippen LogP contribution in [0.2, 0.25) is 0 Å². The number of morpholine rings is 1. The maximum atomic E-state index is 12.8. The second-order valence-electron chi connectivity index (χ2n) is 8.94. The number of nitrogens with zero attached hydrogens (tertiary/aromatic N) is 3. The molecule has 0 saturated carbocycles. The van der Waals surface area contributed by atoms with Crippen molar-refractivity contribution in [3.05, 3.63) is 47.7 Å². The number of pyridine rings is 1. The zero-order valence-corrected chi connectivity index (χ0v) is 20.3. The normalized spacial score (nSPS) is 18.1. The number of rotatable bonds is 8. The first-order chi connectivity index (χ1) is 16.3.